The molecule has 21 heavy (non-hydrogen) atoms. The van der Waals surface area contributed by atoms with Gasteiger partial charge >= 0.3 is 0 Å². The van der Waals surface area contributed by atoms with Crippen LogP contribution in [0.1, 0.15) is 73.4 Å². The van der Waals surface area contributed by atoms with Gasteiger partial charge in [0, 0.05) is 12.0 Å². The maximum Gasteiger partial charge on any atom is 0.163 e. The van der Waals surface area contributed by atoms with Crippen molar-refractivity contribution in [2.24, 2.45) is 11.3 Å². The molecule has 0 heterocycles. The highest BCUT2D eigenvalue weighted by Gasteiger charge is 2.50. The molecular weight excluding hydrogens is 256 g/mol. The van der Waals surface area contributed by atoms with Crippen LogP contribution < -0.4 is 0 Å². The largest absolute Gasteiger partial charge is 0.294 e. The molecule has 3 atom stereocenters. The van der Waals surface area contributed by atoms with Gasteiger partial charge in [0.2, 0.25) is 0 Å². The van der Waals surface area contributed by atoms with Gasteiger partial charge in [-0.25, -0.2) is 0 Å². The number of carbonyl (C=O) groups is 1. The molecule has 1 aromatic carbocycles. The second-order valence-corrected chi connectivity index (χ2v) is 7.50. The van der Waals surface area contributed by atoms with Crippen LogP contribution in [0, 0.1) is 11.3 Å². The lowest BCUT2D eigenvalue weighted by Crippen LogP contribution is -2.36. The van der Waals surface area contributed by atoms with E-state index in [-0.39, 0.29) is 5.41 Å². The fraction of sp³-hybridized carbons (Fsp3) is 0.550. The minimum atomic E-state index is 0.262. The lowest BCUT2D eigenvalue weighted by molar-refractivity contribution is 0.0822. The van der Waals surface area contributed by atoms with E-state index in [1.165, 1.54) is 30.4 Å². The molecule has 4 rings (SSSR count). The molecule has 0 radical (unpaired) electrons. The Bertz CT molecular complexity index is 639. The van der Waals surface area contributed by atoms with Crippen molar-refractivity contribution in [1.29, 1.82) is 0 Å². The predicted molar refractivity (Wildman–Crippen MR) is 85.7 cm³/mol. The van der Waals surface area contributed by atoms with E-state index in [0.717, 1.165) is 30.7 Å². The van der Waals surface area contributed by atoms with Crippen molar-refractivity contribution < 1.29 is 4.79 Å². The van der Waals surface area contributed by atoms with E-state index in [2.05, 4.69) is 38.1 Å². The van der Waals surface area contributed by atoms with Gasteiger partial charge in [-0.1, -0.05) is 43.7 Å². The van der Waals surface area contributed by atoms with Gasteiger partial charge in [0.15, 0.2) is 5.78 Å². The molecule has 3 unspecified atom stereocenters. The van der Waals surface area contributed by atoms with Crippen LogP contribution >= 0.6 is 0 Å². The summed E-state index contributed by atoms with van der Waals surface area (Å²) in [7, 11) is 0. The standard InChI is InChI=1S/C20H24O/c1-3-13(2)16-5-4-6-17-18(16)11-20(12-19(17)21)10-14-7-8-15(20)9-14/h4-7,13,15H,3,8-12H2,1-2H3. The van der Waals surface area contributed by atoms with Crippen molar-refractivity contribution in [2.75, 3.05) is 0 Å². The summed E-state index contributed by atoms with van der Waals surface area (Å²) in [6, 6.07) is 6.40. The Labute approximate surface area is 127 Å². The maximum atomic E-state index is 12.8. The lowest BCUT2D eigenvalue weighted by Gasteiger charge is -2.40. The summed E-state index contributed by atoms with van der Waals surface area (Å²) in [6.07, 6.45) is 9.14. The molecule has 3 aliphatic carbocycles. The van der Waals surface area contributed by atoms with Gasteiger partial charge in [-0.3, -0.25) is 4.79 Å². The molecule has 1 spiro atoms. The summed E-state index contributed by atoms with van der Waals surface area (Å²) >= 11 is 0. The average molecular weight is 280 g/mol. The zero-order valence-electron chi connectivity index (χ0n) is 13.1. The molecule has 1 nitrogen and oxygen atoms in total. The van der Waals surface area contributed by atoms with Crippen LogP contribution in [0.5, 0.6) is 0 Å². The number of Topliss-reactive ketones (excluding diaryl/α,β-unsaturated/α-hetero) is 1. The van der Waals surface area contributed by atoms with Crippen molar-refractivity contribution >= 4 is 5.78 Å². The van der Waals surface area contributed by atoms with E-state index in [1.807, 2.05) is 0 Å². The van der Waals surface area contributed by atoms with Crippen LogP contribution in [0.15, 0.2) is 29.8 Å². The fourth-order valence-corrected chi connectivity index (χ4v) is 4.99. The summed E-state index contributed by atoms with van der Waals surface area (Å²) in [5.41, 5.74) is 5.72. The Morgan fingerprint density at radius 3 is 2.81 bits per heavy atom. The minimum Gasteiger partial charge on any atom is -0.294 e. The van der Waals surface area contributed by atoms with Crippen LogP contribution in [0.3, 0.4) is 0 Å². The number of benzene rings is 1. The third kappa shape index (κ3) is 1.86. The topological polar surface area (TPSA) is 17.1 Å². The molecule has 1 aromatic rings. The maximum absolute atomic E-state index is 12.8. The monoisotopic (exact) mass is 280 g/mol. The molecule has 1 saturated carbocycles. The second kappa shape index (κ2) is 4.56. The minimum absolute atomic E-state index is 0.262. The van der Waals surface area contributed by atoms with Gasteiger partial charge in [-0.2, -0.15) is 0 Å². The Balaban J connectivity index is 1.80. The van der Waals surface area contributed by atoms with E-state index >= 15 is 0 Å². The van der Waals surface area contributed by atoms with Crippen molar-refractivity contribution in [3.8, 4) is 0 Å². The van der Waals surface area contributed by atoms with Crippen molar-refractivity contribution in [3.63, 3.8) is 0 Å². The summed E-state index contributed by atoms with van der Waals surface area (Å²) in [6.45, 7) is 4.54. The number of allylic oxidation sites excluding steroid dienone is 2. The van der Waals surface area contributed by atoms with Gasteiger partial charge < -0.3 is 0 Å². The van der Waals surface area contributed by atoms with Gasteiger partial charge in [-0.05, 0) is 60.5 Å². The van der Waals surface area contributed by atoms with Crippen LogP contribution in [0.2, 0.25) is 0 Å². The normalized spacial score (nSPS) is 31.4. The van der Waals surface area contributed by atoms with E-state index in [0.29, 0.717) is 11.7 Å². The molecule has 1 fully saturated rings. The highest BCUT2D eigenvalue weighted by molar-refractivity contribution is 5.99. The summed E-state index contributed by atoms with van der Waals surface area (Å²) in [4.78, 5) is 12.8. The first kappa shape index (κ1) is 13.3. The Morgan fingerprint density at radius 1 is 1.29 bits per heavy atom. The molecule has 110 valence electrons. The van der Waals surface area contributed by atoms with Crippen LogP contribution in [0.4, 0.5) is 0 Å². The zero-order chi connectivity index (χ0) is 14.6. The van der Waals surface area contributed by atoms with E-state index in [9.17, 15) is 4.79 Å². The Morgan fingerprint density at radius 2 is 2.14 bits per heavy atom. The third-order valence-electron chi connectivity index (χ3n) is 6.34. The summed E-state index contributed by atoms with van der Waals surface area (Å²) in [5, 5.41) is 0. The summed E-state index contributed by atoms with van der Waals surface area (Å²) in [5.74, 6) is 1.69. The molecular formula is C20H24O. The van der Waals surface area contributed by atoms with E-state index in [1.54, 1.807) is 5.57 Å². The summed E-state index contributed by atoms with van der Waals surface area (Å²) < 4.78 is 0. The lowest BCUT2D eigenvalue weighted by atomic mass is 9.62. The number of carbonyl (C=O) groups excluding carboxylic acids is 1. The van der Waals surface area contributed by atoms with Crippen molar-refractivity contribution in [3.05, 3.63) is 46.5 Å². The van der Waals surface area contributed by atoms with Crippen LogP contribution in [0.25, 0.3) is 0 Å². The number of rotatable bonds is 2. The van der Waals surface area contributed by atoms with Gasteiger partial charge in [0.1, 0.15) is 0 Å². The molecule has 1 heteroatoms. The van der Waals surface area contributed by atoms with E-state index in [4.69, 9.17) is 0 Å². The molecule has 0 amide bonds. The Kier molecular flexibility index (Phi) is 2.89. The second-order valence-electron chi connectivity index (χ2n) is 7.50. The number of hydrogen-bond acceptors (Lipinski definition) is 1. The molecule has 3 aliphatic rings. The first-order valence-electron chi connectivity index (χ1n) is 8.46. The predicted octanol–water partition coefficient (Wildman–Crippen LogP) is 5.06. The number of fused-ring (bicyclic) bond motifs is 4. The zero-order valence-corrected chi connectivity index (χ0v) is 13.1. The van der Waals surface area contributed by atoms with Crippen LogP contribution in [-0.4, -0.2) is 5.78 Å². The third-order valence-corrected chi connectivity index (χ3v) is 6.34. The number of ketones is 1. The molecule has 2 bridgehead atoms. The average Bonchev–Trinajstić information content (AvgIpc) is 3.06. The van der Waals surface area contributed by atoms with Gasteiger partial charge in [-0.15, -0.1) is 0 Å². The molecule has 0 aliphatic heterocycles. The first-order chi connectivity index (χ1) is 10.1. The van der Waals surface area contributed by atoms with Crippen LogP contribution in [-0.2, 0) is 6.42 Å². The molecule has 0 saturated heterocycles. The highest BCUT2D eigenvalue weighted by Crippen LogP contribution is 2.58. The van der Waals surface area contributed by atoms with Gasteiger partial charge in [0.05, 0.1) is 0 Å². The number of hydrogen-bond donors (Lipinski definition) is 0. The smallest absolute Gasteiger partial charge is 0.163 e. The quantitative estimate of drug-likeness (QED) is 0.692. The van der Waals surface area contributed by atoms with E-state index < -0.39 is 0 Å². The first-order valence-corrected chi connectivity index (χ1v) is 8.46. The van der Waals surface area contributed by atoms with Crippen molar-refractivity contribution in [1.82, 2.24) is 0 Å². The van der Waals surface area contributed by atoms with Gasteiger partial charge in [0.25, 0.3) is 0 Å². The Hall–Kier alpha value is -1.37. The molecule has 0 aromatic heterocycles. The highest BCUT2D eigenvalue weighted by atomic mass is 16.1. The molecule has 0 N–H and O–H groups in total. The van der Waals surface area contributed by atoms with Crippen molar-refractivity contribution in [2.45, 2.75) is 58.3 Å². The fourth-order valence-electron chi connectivity index (χ4n) is 4.99. The SMILES string of the molecule is CCC(C)c1cccc2c1CC1(CC2=O)CC2=CCC1C2.